The molecule has 1 rings (SSSR count). The van der Waals surface area contributed by atoms with E-state index in [4.69, 9.17) is 10.6 Å². The van der Waals surface area contributed by atoms with Gasteiger partial charge in [-0.3, -0.25) is 16.1 Å². The molecule has 0 aliphatic heterocycles. The van der Waals surface area contributed by atoms with Gasteiger partial charge in [0.05, 0.1) is 0 Å². The zero-order valence-electron chi connectivity index (χ0n) is 7.41. The molecule has 68 valence electrons. The first-order valence-electron chi connectivity index (χ1n) is 3.96. The topological polar surface area (TPSA) is 56.1 Å². The molecule has 0 unspecified atom stereocenters. The van der Waals surface area contributed by atoms with Crippen molar-refractivity contribution in [1.29, 1.82) is 5.41 Å². The summed E-state index contributed by atoms with van der Waals surface area (Å²) in [5.41, 5.74) is 3.59. The molecule has 0 heterocycles. The number of nitrogens with one attached hydrogen (secondary N) is 2. The second kappa shape index (κ2) is 4.42. The molecule has 3 N–H and O–H groups in total. The fourth-order valence-electron chi connectivity index (χ4n) is 0.949. The van der Waals surface area contributed by atoms with E-state index in [-0.39, 0.29) is 5.84 Å². The summed E-state index contributed by atoms with van der Waals surface area (Å²) in [6.07, 6.45) is 11.1. The summed E-state index contributed by atoms with van der Waals surface area (Å²) in [5.74, 6) is -0.00569. The highest BCUT2D eigenvalue weighted by Gasteiger charge is 1.98. The number of amidine groups is 1. The maximum absolute atomic E-state index is 8.51. The van der Waals surface area contributed by atoms with E-state index < -0.39 is 0 Å². The number of allylic oxidation sites excluding steroid dienone is 6. The van der Waals surface area contributed by atoms with Crippen molar-refractivity contribution in [2.45, 2.75) is 6.92 Å². The average molecular weight is 176 g/mol. The van der Waals surface area contributed by atoms with Crippen molar-refractivity contribution in [1.82, 2.24) is 5.48 Å². The number of hydrogen-bond donors (Lipinski definition) is 3. The molecule has 0 radical (unpaired) electrons. The van der Waals surface area contributed by atoms with Gasteiger partial charge in [0.2, 0.25) is 0 Å². The molecule has 0 aromatic heterocycles. The van der Waals surface area contributed by atoms with Gasteiger partial charge in [0.25, 0.3) is 0 Å². The Morgan fingerprint density at radius 2 is 2.00 bits per heavy atom. The van der Waals surface area contributed by atoms with Crippen LogP contribution in [0.15, 0.2) is 47.6 Å². The molecule has 3 nitrogen and oxygen atoms in total. The minimum Gasteiger partial charge on any atom is -0.290 e. The molecule has 1 aliphatic carbocycles. The first-order chi connectivity index (χ1) is 6.24. The van der Waals surface area contributed by atoms with Crippen LogP contribution in [0.2, 0.25) is 0 Å². The maximum Gasteiger partial charge on any atom is 0.149 e. The van der Waals surface area contributed by atoms with Gasteiger partial charge in [0.1, 0.15) is 5.84 Å². The van der Waals surface area contributed by atoms with Crippen LogP contribution in [0, 0.1) is 5.41 Å². The summed E-state index contributed by atoms with van der Waals surface area (Å²) in [4.78, 5) is 0. The monoisotopic (exact) mass is 176 g/mol. The van der Waals surface area contributed by atoms with Gasteiger partial charge in [-0.1, -0.05) is 42.0 Å². The molecule has 0 saturated carbocycles. The van der Waals surface area contributed by atoms with Gasteiger partial charge >= 0.3 is 0 Å². The first kappa shape index (κ1) is 9.48. The lowest BCUT2D eigenvalue weighted by Gasteiger charge is -2.02. The number of hydroxylamine groups is 1. The zero-order chi connectivity index (χ0) is 9.68. The van der Waals surface area contributed by atoms with Crippen LogP contribution in [0.25, 0.3) is 0 Å². The SMILES string of the molecule is CC1=C/C=C\C(C(=N)NO)=C/C=C\1. The van der Waals surface area contributed by atoms with Crippen LogP contribution in [-0.2, 0) is 0 Å². The van der Waals surface area contributed by atoms with Crippen molar-refractivity contribution >= 4 is 5.84 Å². The molecular weight excluding hydrogens is 164 g/mol. The normalized spacial score (nSPS) is 28.5. The van der Waals surface area contributed by atoms with Crippen LogP contribution in [0.4, 0.5) is 0 Å². The Balaban J connectivity index is 2.86. The molecule has 0 aromatic carbocycles. The maximum atomic E-state index is 8.51. The van der Waals surface area contributed by atoms with Gasteiger partial charge in [-0.2, -0.15) is 0 Å². The average Bonchev–Trinajstić information content (AvgIpc) is 2.10. The fourth-order valence-corrected chi connectivity index (χ4v) is 0.949. The number of rotatable bonds is 1. The van der Waals surface area contributed by atoms with E-state index in [1.807, 2.05) is 31.2 Å². The van der Waals surface area contributed by atoms with Crippen molar-refractivity contribution in [3.8, 4) is 0 Å². The van der Waals surface area contributed by atoms with Crippen LogP contribution in [0.1, 0.15) is 6.92 Å². The highest BCUT2D eigenvalue weighted by molar-refractivity contribution is 5.98. The molecule has 0 aromatic rings. The minimum atomic E-state index is -0.00569. The Kier molecular flexibility index (Phi) is 3.23. The van der Waals surface area contributed by atoms with Gasteiger partial charge in [0, 0.05) is 5.57 Å². The van der Waals surface area contributed by atoms with E-state index in [9.17, 15) is 0 Å². The summed E-state index contributed by atoms with van der Waals surface area (Å²) in [7, 11) is 0. The van der Waals surface area contributed by atoms with Crippen LogP contribution >= 0.6 is 0 Å². The predicted molar refractivity (Wildman–Crippen MR) is 52.8 cm³/mol. The highest BCUT2D eigenvalue weighted by Crippen LogP contribution is 2.05. The molecule has 0 bridgehead atoms. The molecule has 1 aliphatic rings. The quantitative estimate of drug-likeness (QED) is 0.325. The second-order valence-corrected chi connectivity index (χ2v) is 2.74. The molecule has 0 saturated heterocycles. The predicted octanol–water partition coefficient (Wildman–Crippen LogP) is 1.94. The highest BCUT2D eigenvalue weighted by atomic mass is 16.5. The van der Waals surface area contributed by atoms with Gasteiger partial charge < -0.3 is 0 Å². The minimum absolute atomic E-state index is 0.00569. The van der Waals surface area contributed by atoms with Gasteiger partial charge in [-0.25, -0.2) is 0 Å². The van der Waals surface area contributed by atoms with Crippen LogP contribution in [0.3, 0.4) is 0 Å². The summed E-state index contributed by atoms with van der Waals surface area (Å²) >= 11 is 0. The molecular formula is C10H12N2O. The van der Waals surface area contributed by atoms with E-state index in [0.717, 1.165) is 5.57 Å². The lowest BCUT2D eigenvalue weighted by molar-refractivity contribution is 0.234. The van der Waals surface area contributed by atoms with Crippen molar-refractivity contribution < 1.29 is 5.21 Å². The molecule has 0 atom stereocenters. The summed E-state index contributed by atoms with van der Waals surface area (Å²) in [6, 6.07) is 0. The van der Waals surface area contributed by atoms with E-state index in [1.165, 1.54) is 0 Å². The molecule has 3 heteroatoms. The van der Waals surface area contributed by atoms with Crippen molar-refractivity contribution in [3.63, 3.8) is 0 Å². The molecule has 0 fully saturated rings. The lowest BCUT2D eigenvalue weighted by Crippen LogP contribution is -2.18. The third-order valence-electron chi connectivity index (χ3n) is 1.67. The van der Waals surface area contributed by atoms with Crippen LogP contribution < -0.4 is 5.48 Å². The fraction of sp³-hybridized carbons (Fsp3) is 0.100. The summed E-state index contributed by atoms with van der Waals surface area (Å²) in [5, 5.41) is 15.8. The van der Waals surface area contributed by atoms with Gasteiger partial charge in [-0.05, 0) is 6.92 Å². The smallest absolute Gasteiger partial charge is 0.149 e. The summed E-state index contributed by atoms with van der Waals surface area (Å²) < 4.78 is 0. The Bertz CT molecular complexity index is 322. The van der Waals surface area contributed by atoms with Crippen molar-refractivity contribution in [2.75, 3.05) is 0 Å². The van der Waals surface area contributed by atoms with E-state index in [1.54, 1.807) is 17.6 Å². The van der Waals surface area contributed by atoms with Gasteiger partial charge in [0.15, 0.2) is 0 Å². The zero-order valence-corrected chi connectivity index (χ0v) is 7.41. The molecule has 13 heavy (non-hydrogen) atoms. The van der Waals surface area contributed by atoms with Gasteiger partial charge in [-0.15, -0.1) is 0 Å². The Morgan fingerprint density at radius 1 is 1.31 bits per heavy atom. The summed E-state index contributed by atoms with van der Waals surface area (Å²) in [6.45, 7) is 2.00. The van der Waals surface area contributed by atoms with Crippen LogP contribution in [0.5, 0.6) is 0 Å². The third kappa shape index (κ3) is 2.72. The Morgan fingerprint density at radius 3 is 2.69 bits per heavy atom. The standard InChI is InChI=1S/C10H12N2O/c1-8-4-2-6-9(7-3-5-8)10(11)12-13/h2-7,13H,1H3,(H2,11,12)/b4-2-,5-3?,6-2?,7-3-,8-4?,8-5-,9-6+,9-7?. The Labute approximate surface area is 77.2 Å². The Hall–Kier alpha value is -1.61. The molecule has 0 amide bonds. The van der Waals surface area contributed by atoms with E-state index in [0.29, 0.717) is 5.57 Å². The van der Waals surface area contributed by atoms with Crippen molar-refractivity contribution in [3.05, 3.63) is 47.6 Å². The largest absolute Gasteiger partial charge is 0.290 e. The van der Waals surface area contributed by atoms with Crippen molar-refractivity contribution in [2.24, 2.45) is 0 Å². The number of hydrogen-bond acceptors (Lipinski definition) is 2. The van der Waals surface area contributed by atoms with E-state index >= 15 is 0 Å². The van der Waals surface area contributed by atoms with E-state index in [2.05, 4.69) is 0 Å². The van der Waals surface area contributed by atoms with Crippen LogP contribution in [-0.4, -0.2) is 11.0 Å². The second-order valence-electron chi connectivity index (χ2n) is 2.74. The molecule has 0 spiro atoms. The first-order valence-corrected chi connectivity index (χ1v) is 3.96. The lowest BCUT2D eigenvalue weighted by atomic mass is 10.1. The third-order valence-corrected chi connectivity index (χ3v) is 1.67.